The lowest BCUT2D eigenvalue weighted by Crippen LogP contribution is -2.13. The van der Waals surface area contributed by atoms with Gasteiger partial charge in [0, 0.05) is 22.5 Å². The van der Waals surface area contributed by atoms with Gasteiger partial charge in [0.15, 0.2) is 0 Å². The van der Waals surface area contributed by atoms with E-state index in [-0.39, 0.29) is 0 Å². The number of benzene rings is 12. The first-order valence-electron chi connectivity index (χ1n) is 23.8. The highest BCUT2D eigenvalue weighted by Crippen LogP contribution is 2.50. The Balaban J connectivity index is 1.13. The molecule has 1 heteroatoms. The molecule has 0 amide bonds. The highest BCUT2D eigenvalue weighted by atomic mass is 15.1. The molecule has 12 aromatic rings. The van der Waals surface area contributed by atoms with Gasteiger partial charge in [0.05, 0.1) is 5.69 Å². The van der Waals surface area contributed by atoms with Crippen LogP contribution in [0.4, 0.5) is 17.1 Å². The second-order valence-corrected chi connectivity index (χ2v) is 17.6. The molecule has 0 N–H and O–H groups in total. The van der Waals surface area contributed by atoms with Crippen molar-refractivity contribution in [1.29, 1.82) is 0 Å². The van der Waals surface area contributed by atoms with Crippen LogP contribution in [0.25, 0.3) is 99.4 Å². The van der Waals surface area contributed by atoms with E-state index < -0.39 is 0 Å². The van der Waals surface area contributed by atoms with Crippen molar-refractivity contribution in [1.82, 2.24) is 0 Å². The standard InChI is InChI=1S/C68H47N/c1-7-23-48(24-8-1)55-45-56(49-25-9-2-10-26-49)47-58(46-55)69(68-60(50-27-11-3-12-28-50)38-22-39-61(68)51-29-13-4-14-30-51)57-43-41-52(42-44-57)59-37-21-40-64-62-35-19-20-36-63(62)65(53-31-15-5-16-32-53)66(67(59)64)54-33-17-6-18-34-54/h1-47H. The molecule has 0 radical (unpaired) electrons. The number of hydrogen-bond donors (Lipinski definition) is 0. The summed E-state index contributed by atoms with van der Waals surface area (Å²) in [4.78, 5) is 2.49. The maximum absolute atomic E-state index is 2.49. The minimum atomic E-state index is 1.06. The van der Waals surface area contributed by atoms with Crippen molar-refractivity contribution in [3.05, 3.63) is 285 Å². The van der Waals surface area contributed by atoms with Crippen LogP contribution in [0.1, 0.15) is 0 Å². The van der Waals surface area contributed by atoms with Crippen molar-refractivity contribution < 1.29 is 0 Å². The van der Waals surface area contributed by atoms with Crippen molar-refractivity contribution in [2.24, 2.45) is 0 Å². The lowest BCUT2D eigenvalue weighted by Gasteiger charge is -2.31. The fourth-order valence-electron chi connectivity index (χ4n) is 10.3. The molecule has 12 rings (SSSR count). The zero-order valence-corrected chi connectivity index (χ0v) is 38.1. The van der Waals surface area contributed by atoms with Crippen LogP contribution in [0.5, 0.6) is 0 Å². The Morgan fingerprint density at radius 1 is 0.203 bits per heavy atom. The van der Waals surface area contributed by atoms with Crippen molar-refractivity contribution in [2.45, 2.75) is 0 Å². The lowest BCUT2D eigenvalue weighted by molar-refractivity contribution is 1.28. The summed E-state index contributed by atoms with van der Waals surface area (Å²) >= 11 is 0. The Morgan fingerprint density at radius 3 is 1.09 bits per heavy atom. The van der Waals surface area contributed by atoms with Crippen LogP contribution in [0.15, 0.2) is 285 Å². The molecule has 0 aliphatic heterocycles. The number of rotatable bonds is 10. The summed E-state index contributed by atoms with van der Waals surface area (Å²) in [5, 5.41) is 4.98. The summed E-state index contributed by atoms with van der Waals surface area (Å²) in [5.41, 5.74) is 19.7. The van der Waals surface area contributed by atoms with Crippen LogP contribution < -0.4 is 4.90 Å². The second kappa shape index (κ2) is 18.3. The molecule has 0 fully saturated rings. The molecule has 0 unspecified atom stereocenters. The fraction of sp³-hybridized carbons (Fsp3) is 0. The number of fused-ring (bicyclic) bond motifs is 3. The van der Waals surface area contributed by atoms with E-state index in [0.29, 0.717) is 0 Å². The van der Waals surface area contributed by atoms with Gasteiger partial charge in [-0.25, -0.2) is 0 Å². The second-order valence-electron chi connectivity index (χ2n) is 17.6. The van der Waals surface area contributed by atoms with Crippen molar-refractivity contribution in [3.63, 3.8) is 0 Å². The van der Waals surface area contributed by atoms with Crippen molar-refractivity contribution in [3.8, 4) is 77.9 Å². The molecule has 0 spiro atoms. The van der Waals surface area contributed by atoms with Gasteiger partial charge in [0.25, 0.3) is 0 Å². The lowest BCUT2D eigenvalue weighted by atomic mass is 9.82. The van der Waals surface area contributed by atoms with Crippen LogP contribution in [-0.4, -0.2) is 0 Å². The molecule has 0 heterocycles. The van der Waals surface area contributed by atoms with E-state index in [1.807, 2.05) is 0 Å². The summed E-state index contributed by atoms with van der Waals surface area (Å²) in [7, 11) is 0. The SMILES string of the molecule is c1ccc(-c2cc(-c3ccccc3)cc(N(c3ccc(-c4cccc5c4c(-c4ccccc4)c(-c4ccccc4)c4ccccc45)cc3)c3c(-c4ccccc4)cccc3-c3ccccc3)c2)cc1. The van der Waals surface area contributed by atoms with Crippen molar-refractivity contribution in [2.75, 3.05) is 4.90 Å². The summed E-state index contributed by atoms with van der Waals surface area (Å²) in [5.74, 6) is 0. The van der Waals surface area contributed by atoms with Gasteiger partial charge in [-0.3, -0.25) is 0 Å². The maximum atomic E-state index is 2.49. The van der Waals surface area contributed by atoms with Crippen LogP contribution in [-0.2, 0) is 0 Å². The minimum absolute atomic E-state index is 1.06. The van der Waals surface area contributed by atoms with Crippen LogP contribution in [0.3, 0.4) is 0 Å². The molecular formula is C68H47N. The van der Waals surface area contributed by atoms with Crippen LogP contribution in [0.2, 0.25) is 0 Å². The van der Waals surface area contributed by atoms with Crippen molar-refractivity contribution >= 4 is 38.6 Å². The predicted octanol–water partition coefficient (Wildman–Crippen LogP) is 19.1. The molecule has 12 aromatic carbocycles. The Labute approximate surface area is 404 Å². The summed E-state index contributed by atoms with van der Waals surface area (Å²) < 4.78 is 0. The van der Waals surface area contributed by atoms with E-state index in [2.05, 4.69) is 290 Å². The van der Waals surface area contributed by atoms with Gasteiger partial charge in [-0.1, -0.05) is 255 Å². The Morgan fingerprint density at radius 2 is 0.580 bits per heavy atom. The average molecular weight is 878 g/mol. The molecule has 1 nitrogen and oxygen atoms in total. The molecule has 324 valence electrons. The minimum Gasteiger partial charge on any atom is -0.309 e. The van der Waals surface area contributed by atoms with Gasteiger partial charge in [-0.05, 0) is 119 Å². The molecule has 0 bridgehead atoms. The van der Waals surface area contributed by atoms with Gasteiger partial charge in [0.1, 0.15) is 0 Å². The van der Waals surface area contributed by atoms with Crippen LogP contribution >= 0.6 is 0 Å². The topological polar surface area (TPSA) is 3.24 Å². The highest BCUT2D eigenvalue weighted by molar-refractivity contribution is 6.25. The molecule has 0 saturated heterocycles. The van der Waals surface area contributed by atoms with Gasteiger partial charge >= 0.3 is 0 Å². The molecule has 0 aliphatic rings. The third-order valence-corrected chi connectivity index (χ3v) is 13.4. The number of hydrogen-bond acceptors (Lipinski definition) is 1. The maximum Gasteiger partial charge on any atom is 0.0618 e. The smallest absolute Gasteiger partial charge is 0.0618 e. The zero-order chi connectivity index (χ0) is 45.9. The van der Waals surface area contributed by atoms with Gasteiger partial charge in [-0.15, -0.1) is 0 Å². The van der Waals surface area contributed by atoms with E-state index in [0.717, 1.165) is 56.0 Å². The Hall–Kier alpha value is -9.04. The summed E-state index contributed by atoms with van der Waals surface area (Å²) in [6.45, 7) is 0. The molecular weight excluding hydrogens is 831 g/mol. The Bertz CT molecular complexity index is 3600. The largest absolute Gasteiger partial charge is 0.309 e. The first-order valence-corrected chi connectivity index (χ1v) is 23.8. The third kappa shape index (κ3) is 7.86. The first kappa shape index (κ1) is 41.4. The third-order valence-electron chi connectivity index (χ3n) is 13.4. The van der Waals surface area contributed by atoms with Crippen LogP contribution in [0, 0.1) is 0 Å². The number of anilines is 3. The van der Waals surface area contributed by atoms with Gasteiger partial charge in [0.2, 0.25) is 0 Å². The average Bonchev–Trinajstić information content (AvgIpc) is 3.44. The normalized spacial score (nSPS) is 11.2. The molecule has 0 atom stereocenters. The molecule has 0 aromatic heterocycles. The quantitative estimate of drug-likeness (QED) is 0.124. The highest BCUT2D eigenvalue weighted by Gasteiger charge is 2.25. The van der Waals surface area contributed by atoms with E-state index in [9.17, 15) is 0 Å². The Kier molecular flexibility index (Phi) is 11.0. The zero-order valence-electron chi connectivity index (χ0n) is 38.1. The van der Waals surface area contributed by atoms with E-state index in [1.165, 1.54) is 60.5 Å². The van der Waals surface area contributed by atoms with E-state index in [4.69, 9.17) is 0 Å². The number of nitrogens with zero attached hydrogens (tertiary/aromatic N) is 1. The predicted molar refractivity (Wildman–Crippen MR) is 294 cm³/mol. The summed E-state index contributed by atoms with van der Waals surface area (Å²) in [6, 6.07) is 104. The van der Waals surface area contributed by atoms with E-state index >= 15 is 0 Å². The van der Waals surface area contributed by atoms with Gasteiger partial charge in [-0.2, -0.15) is 0 Å². The van der Waals surface area contributed by atoms with Gasteiger partial charge < -0.3 is 4.90 Å². The monoisotopic (exact) mass is 877 g/mol. The molecule has 69 heavy (non-hydrogen) atoms. The fourth-order valence-corrected chi connectivity index (χ4v) is 10.3. The summed E-state index contributed by atoms with van der Waals surface area (Å²) in [6.07, 6.45) is 0. The van der Waals surface area contributed by atoms with E-state index in [1.54, 1.807) is 0 Å². The molecule has 0 saturated carbocycles. The first-order chi connectivity index (χ1) is 34.3. The molecule has 0 aliphatic carbocycles. The number of para-hydroxylation sites is 1.